The predicted octanol–water partition coefficient (Wildman–Crippen LogP) is 3.65. The van der Waals surface area contributed by atoms with Gasteiger partial charge in [0.1, 0.15) is 0 Å². The Labute approximate surface area is 116 Å². The number of aromatic amines is 1. The van der Waals surface area contributed by atoms with Gasteiger partial charge in [0.25, 0.3) is 0 Å². The molecule has 1 N–H and O–H groups in total. The maximum absolute atomic E-state index is 5.41. The van der Waals surface area contributed by atoms with E-state index in [1.165, 1.54) is 11.1 Å². The highest BCUT2D eigenvalue weighted by Gasteiger charge is 2.06. The first-order valence-corrected chi connectivity index (χ1v) is 6.74. The number of pyridine rings is 1. The van der Waals surface area contributed by atoms with Crippen LogP contribution in [0.25, 0.3) is 11.0 Å². The molecule has 0 bridgehead atoms. The van der Waals surface area contributed by atoms with Crippen LogP contribution >= 0.6 is 12.2 Å². The zero-order valence-corrected chi connectivity index (χ0v) is 11.6. The third-order valence-electron chi connectivity index (χ3n) is 3.34. The normalized spacial score (nSPS) is 11.0. The number of aromatic nitrogens is 3. The highest BCUT2D eigenvalue weighted by molar-refractivity contribution is 7.71. The number of aryl methyl sites for hydroxylation is 3. The molecular formula is C15H15N3S. The summed E-state index contributed by atoms with van der Waals surface area (Å²) in [4.78, 5) is 7.64. The van der Waals surface area contributed by atoms with Crippen molar-refractivity contribution in [2.24, 2.45) is 0 Å². The maximum atomic E-state index is 5.41. The van der Waals surface area contributed by atoms with Crippen LogP contribution in [0.3, 0.4) is 0 Å². The quantitative estimate of drug-likeness (QED) is 0.736. The van der Waals surface area contributed by atoms with E-state index in [2.05, 4.69) is 39.7 Å². The number of nitrogens with zero attached hydrogens (tertiary/aromatic N) is 2. The molecule has 3 aromatic rings. The van der Waals surface area contributed by atoms with Crippen molar-refractivity contribution in [3.63, 3.8) is 0 Å². The molecular weight excluding hydrogens is 254 g/mol. The van der Waals surface area contributed by atoms with E-state index in [0.29, 0.717) is 0 Å². The standard InChI is InChI=1S/C15H15N3S/c1-11-5-4-7-13-14(11)17-15(19)18(13)10-8-12-6-2-3-9-16-12/h2-7,9H,8,10H2,1H3,(H,17,19). The van der Waals surface area contributed by atoms with Crippen LogP contribution in [0.4, 0.5) is 0 Å². The molecule has 1 aromatic carbocycles. The number of nitrogens with one attached hydrogen (secondary N) is 1. The van der Waals surface area contributed by atoms with Crippen LogP contribution in [0.15, 0.2) is 42.6 Å². The minimum absolute atomic E-state index is 0.778. The van der Waals surface area contributed by atoms with Crippen molar-refractivity contribution in [3.8, 4) is 0 Å². The zero-order valence-electron chi connectivity index (χ0n) is 10.8. The summed E-state index contributed by atoms with van der Waals surface area (Å²) in [5.41, 5.74) is 4.61. The van der Waals surface area contributed by atoms with Crippen LogP contribution in [0, 0.1) is 11.7 Å². The van der Waals surface area contributed by atoms with Crippen LogP contribution in [0.1, 0.15) is 11.3 Å². The Bertz CT molecular complexity index is 756. The highest BCUT2D eigenvalue weighted by Crippen LogP contribution is 2.18. The molecule has 3 rings (SSSR count). The molecule has 4 heteroatoms. The average Bonchev–Trinajstić information content (AvgIpc) is 2.75. The summed E-state index contributed by atoms with van der Waals surface area (Å²) in [6.07, 6.45) is 2.71. The van der Waals surface area contributed by atoms with Crippen molar-refractivity contribution in [1.82, 2.24) is 14.5 Å². The molecule has 0 unspecified atom stereocenters. The second-order valence-electron chi connectivity index (χ2n) is 4.62. The smallest absolute Gasteiger partial charge is 0.178 e. The zero-order chi connectivity index (χ0) is 13.2. The summed E-state index contributed by atoms with van der Waals surface area (Å²) in [5, 5.41) is 0. The Morgan fingerprint density at radius 2 is 2.11 bits per heavy atom. The van der Waals surface area contributed by atoms with Crippen molar-refractivity contribution >= 4 is 23.3 Å². The van der Waals surface area contributed by atoms with Crippen LogP contribution in [-0.4, -0.2) is 14.5 Å². The van der Waals surface area contributed by atoms with E-state index in [9.17, 15) is 0 Å². The molecule has 0 aliphatic heterocycles. The fraction of sp³-hybridized carbons (Fsp3) is 0.200. The molecule has 0 saturated carbocycles. The molecule has 0 saturated heterocycles. The van der Waals surface area contributed by atoms with Gasteiger partial charge in [-0.25, -0.2) is 0 Å². The Kier molecular flexibility index (Phi) is 3.17. The molecule has 0 fully saturated rings. The van der Waals surface area contributed by atoms with Crippen molar-refractivity contribution in [3.05, 3.63) is 58.6 Å². The molecule has 0 amide bonds. The fourth-order valence-corrected chi connectivity index (χ4v) is 2.61. The van der Waals surface area contributed by atoms with Crippen molar-refractivity contribution in [2.75, 3.05) is 0 Å². The topological polar surface area (TPSA) is 33.6 Å². The lowest BCUT2D eigenvalue weighted by molar-refractivity contribution is 0.695. The summed E-state index contributed by atoms with van der Waals surface area (Å²) < 4.78 is 2.92. The lowest BCUT2D eigenvalue weighted by Gasteiger charge is -2.04. The molecule has 19 heavy (non-hydrogen) atoms. The number of hydrogen-bond acceptors (Lipinski definition) is 2. The van der Waals surface area contributed by atoms with Crippen molar-refractivity contribution < 1.29 is 0 Å². The van der Waals surface area contributed by atoms with Gasteiger partial charge in [0.15, 0.2) is 4.77 Å². The van der Waals surface area contributed by atoms with Gasteiger partial charge in [-0.2, -0.15) is 0 Å². The van der Waals surface area contributed by atoms with E-state index in [-0.39, 0.29) is 0 Å². The SMILES string of the molecule is Cc1cccc2c1[nH]c(=S)n2CCc1ccccn1. The van der Waals surface area contributed by atoms with E-state index >= 15 is 0 Å². The fourth-order valence-electron chi connectivity index (χ4n) is 2.32. The summed E-state index contributed by atoms with van der Waals surface area (Å²) in [6, 6.07) is 12.3. The number of rotatable bonds is 3. The summed E-state index contributed by atoms with van der Waals surface area (Å²) >= 11 is 5.41. The second kappa shape index (κ2) is 4.97. The summed E-state index contributed by atoms with van der Waals surface area (Å²) in [6.45, 7) is 2.94. The van der Waals surface area contributed by atoms with E-state index in [1.54, 1.807) is 0 Å². The number of hydrogen-bond donors (Lipinski definition) is 1. The van der Waals surface area contributed by atoms with Gasteiger partial charge in [-0.15, -0.1) is 0 Å². The molecule has 2 aromatic heterocycles. The first-order chi connectivity index (χ1) is 9.25. The monoisotopic (exact) mass is 269 g/mol. The van der Waals surface area contributed by atoms with Crippen LogP contribution in [-0.2, 0) is 13.0 Å². The minimum Gasteiger partial charge on any atom is -0.330 e. The van der Waals surface area contributed by atoms with Gasteiger partial charge < -0.3 is 9.55 Å². The third kappa shape index (κ3) is 2.31. The summed E-state index contributed by atoms with van der Waals surface area (Å²) in [7, 11) is 0. The van der Waals surface area contributed by atoms with Gasteiger partial charge in [0.05, 0.1) is 11.0 Å². The summed E-state index contributed by atoms with van der Waals surface area (Å²) in [5.74, 6) is 0. The van der Waals surface area contributed by atoms with E-state index in [4.69, 9.17) is 12.2 Å². The van der Waals surface area contributed by atoms with Crippen molar-refractivity contribution in [1.29, 1.82) is 0 Å². The number of imidazole rings is 1. The van der Waals surface area contributed by atoms with Crippen LogP contribution in [0.5, 0.6) is 0 Å². The molecule has 2 heterocycles. The average molecular weight is 269 g/mol. The number of fused-ring (bicyclic) bond motifs is 1. The van der Waals surface area contributed by atoms with E-state index < -0.39 is 0 Å². The van der Waals surface area contributed by atoms with Crippen LogP contribution < -0.4 is 0 Å². The molecule has 0 spiro atoms. The lowest BCUT2D eigenvalue weighted by Crippen LogP contribution is -2.02. The molecule has 0 aliphatic rings. The number of para-hydroxylation sites is 1. The molecule has 0 aliphatic carbocycles. The Hall–Kier alpha value is -1.94. The third-order valence-corrected chi connectivity index (χ3v) is 3.66. The molecule has 0 radical (unpaired) electrons. The van der Waals surface area contributed by atoms with E-state index in [1.807, 2.05) is 24.4 Å². The highest BCUT2D eigenvalue weighted by atomic mass is 32.1. The largest absolute Gasteiger partial charge is 0.330 e. The maximum Gasteiger partial charge on any atom is 0.178 e. The van der Waals surface area contributed by atoms with Gasteiger partial charge in [-0.1, -0.05) is 18.2 Å². The van der Waals surface area contributed by atoms with Gasteiger partial charge in [0, 0.05) is 24.9 Å². The second-order valence-corrected chi connectivity index (χ2v) is 5.01. The van der Waals surface area contributed by atoms with Gasteiger partial charge in [0.2, 0.25) is 0 Å². The van der Waals surface area contributed by atoms with E-state index in [0.717, 1.165) is 28.9 Å². The molecule has 0 atom stereocenters. The first kappa shape index (κ1) is 12.1. The van der Waals surface area contributed by atoms with Crippen LogP contribution in [0.2, 0.25) is 0 Å². The van der Waals surface area contributed by atoms with Gasteiger partial charge in [-0.05, 0) is 42.9 Å². The Morgan fingerprint density at radius 1 is 1.21 bits per heavy atom. The van der Waals surface area contributed by atoms with Gasteiger partial charge in [-0.3, -0.25) is 4.98 Å². The lowest BCUT2D eigenvalue weighted by atomic mass is 10.2. The number of benzene rings is 1. The van der Waals surface area contributed by atoms with Crippen molar-refractivity contribution in [2.45, 2.75) is 19.9 Å². The first-order valence-electron chi connectivity index (χ1n) is 6.34. The molecule has 3 nitrogen and oxygen atoms in total. The number of H-pyrrole nitrogens is 1. The Morgan fingerprint density at radius 3 is 2.89 bits per heavy atom. The minimum atomic E-state index is 0.778. The molecule has 96 valence electrons. The van der Waals surface area contributed by atoms with Gasteiger partial charge >= 0.3 is 0 Å². The predicted molar refractivity (Wildman–Crippen MR) is 79.8 cm³/mol. The Balaban J connectivity index is 1.95.